The summed E-state index contributed by atoms with van der Waals surface area (Å²) in [6.07, 6.45) is 0. The van der Waals surface area contributed by atoms with E-state index in [-0.39, 0.29) is 23.5 Å². The molecule has 3 aromatic carbocycles. The smallest absolute Gasteiger partial charge is 0.335 e. The van der Waals surface area contributed by atoms with Crippen molar-refractivity contribution in [2.75, 3.05) is 5.32 Å². The summed E-state index contributed by atoms with van der Waals surface area (Å²) in [4.78, 5) is 22.6. The number of hydrogen-bond acceptors (Lipinski definition) is 6. The van der Waals surface area contributed by atoms with Crippen LogP contribution in [0.3, 0.4) is 0 Å². The lowest BCUT2D eigenvalue weighted by atomic mass is 10.1. The predicted octanol–water partition coefficient (Wildman–Crippen LogP) is 3.61. The highest BCUT2D eigenvalue weighted by molar-refractivity contribution is 7.90. The maximum absolute atomic E-state index is 12.8. The predicted molar refractivity (Wildman–Crippen MR) is 115 cm³/mol. The van der Waals surface area contributed by atoms with E-state index in [4.69, 9.17) is 4.74 Å². The SMILES string of the molecule is CC(=O)NS(=O)(=O)c1cc(C(=O)O)cc(NCc2ccccc2)c1Oc1ccccc1. The van der Waals surface area contributed by atoms with Crippen molar-refractivity contribution in [3.8, 4) is 11.5 Å². The molecule has 0 saturated heterocycles. The summed E-state index contributed by atoms with van der Waals surface area (Å²) >= 11 is 0. The Morgan fingerprint density at radius 2 is 1.58 bits per heavy atom. The molecule has 8 nitrogen and oxygen atoms in total. The average molecular weight is 440 g/mol. The number of nitrogens with one attached hydrogen (secondary N) is 2. The molecule has 3 rings (SSSR count). The van der Waals surface area contributed by atoms with Crippen molar-refractivity contribution >= 4 is 27.6 Å². The van der Waals surface area contributed by atoms with E-state index >= 15 is 0 Å². The first-order valence-electron chi connectivity index (χ1n) is 9.21. The fourth-order valence-corrected chi connectivity index (χ4v) is 3.97. The van der Waals surface area contributed by atoms with E-state index in [1.165, 1.54) is 6.07 Å². The number of hydrogen-bond donors (Lipinski definition) is 3. The molecule has 0 aromatic heterocycles. The molecule has 0 aliphatic rings. The number of carbonyl (C=O) groups excluding carboxylic acids is 1. The monoisotopic (exact) mass is 440 g/mol. The number of ether oxygens (including phenoxy) is 1. The largest absolute Gasteiger partial charge is 0.478 e. The second-order valence-electron chi connectivity index (χ2n) is 6.57. The van der Waals surface area contributed by atoms with E-state index in [1.54, 1.807) is 30.3 Å². The fourth-order valence-electron chi connectivity index (χ4n) is 2.81. The van der Waals surface area contributed by atoms with Crippen LogP contribution >= 0.6 is 0 Å². The van der Waals surface area contributed by atoms with Gasteiger partial charge in [0.2, 0.25) is 5.91 Å². The van der Waals surface area contributed by atoms with E-state index < -0.39 is 26.8 Å². The zero-order valence-corrected chi connectivity index (χ0v) is 17.3. The minimum Gasteiger partial charge on any atom is -0.478 e. The number of amides is 1. The van der Waals surface area contributed by atoms with Crippen LogP contribution in [0.4, 0.5) is 5.69 Å². The van der Waals surface area contributed by atoms with Gasteiger partial charge in [-0.25, -0.2) is 17.9 Å². The van der Waals surface area contributed by atoms with Gasteiger partial charge < -0.3 is 15.2 Å². The average Bonchev–Trinajstić information content (AvgIpc) is 2.73. The number of carboxylic acids is 1. The second kappa shape index (κ2) is 9.31. The van der Waals surface area contributed by atoms with E-state index in [2.05, 4.69) is 5.32 Å². The van der Waals surface area contributed by atoms with Crippen molar-refractivity contribution < 1.29 is 27.9 Å². The molecule has 160 valence electrons. The van der Waals surface area contributed by atoms with Crippen molar-refractivity contribution in [3.63, 3.8) is 0 Å². The second-order valence-corrected chi connectivity index (χ2v) is 8.22. The zero-order valence-electron chi connectivity index (χ0n) is 16.5. The zero-order chi connectivity index (χ0) is 22.4. The highest BCUT2D eigenvalue weighted by atomic mass is 32.2. The molecule has 3 N–H and O–H groups in total. The lowest BCUT2D eigenvalue weighted by molar-refractivity contribution is -0.117. The maximum atomic E-state index is 12.8. The molecular formula is C22H20N2O6S. The van der Waals surface area contributed by atoms with Crippen molar-refractivity contribution in [2.45, 2.75) is 18.4 Å². The van der Waals surface area contributed by atoms with Gasteiger partial charge >= 0.3 is 5.97 Å². The van der Waals surface area contributed by atoms with Crippen LogP contribution in [0.2, 0.25) is 0 Å². The first-order chi connectivity index (χ1) is 14.8. The number of carboxylic acid groups (broad SMARTS) is 1. The van der Waals surface area contributed by atoms with Crippen LogP contribution in [0.5, 0.6) is 11.5 Å². The molecule has 3 aromatic rings. The molecule has 1 amide bonds. The fraction of sp³-hybridized carbons (Fsp3) is 0.0909. The molecule has 0 aliphatic carbocycles. The number of anilines is 1. The Kier molecular flexibility index (Phi) is 6.56. The third-order valence-electron chi connectivity index (χ3n) is 4.16. The third-order valence-corrected chi connectivity index (χ3v) is 5.60. The van der Waals surface area contributed by atoms with Crippen molar-refractivity contribution in [1.82, 2.24) is 4.72 Å². The number of rotatable bonds is 8. The topological polar surface area (TPSA) is 122 Å². The Morgan fingerprint density at radius 3 is 2.16 bits per heavy atom. The van der Waals surface area contributed by atoms with Crippen LogP contribution in [0.1, 0.15) is 22.8 Å². The van der Waals surface area contributed by atoms with Gasteiger partial charge in [-0.1, -0.05) is 48.5 Å². The van der Waals surface area contributed by atoms with Crippen LogP contribution in [0.15, 0.2) is 77.7 Å². The Hall–Kier alpha value is -3.85. The molecule has 0 atom stereocenters. The minimum absolute atomic E-state index is 0.124. The molecular weight excluding hydrogens is 420 g/mol. The van der Waals surface area contributed by atoms with Crippen molar-refractivity contribution in [2.24, 2.45) is 0 Å². The number of benzene rings is 3. The van der Waals surface area contributed by atoms with Crippen molar-refractivity contribution in [3.05, 3.63) is 83.9 Å². The Morgan fingerprint density at radius 1 is 0.968 bits per heavy atom. The summed E-state index contributed by atoms with van der Waals surface area (Å²) in [6, 6.07) is 20.0. The number of sulfonamides is 1. The third kappa shape index (κ3) is 5.61. The molecule has 31 heavy (non-hydrogen) atoms. The Balaban J connectivity index is 2.15. The van der Waals surface area contributed by atoms with Gasteiger partial charge in [0.25, 0.3) is 10.0 Å². The van der Waals surface area contributed by atoms with Crippen LogP contribution in [-0.2, 0) is 21.4 Å². The highest BCUT2D eigenvalue weighted by Gasteiger charge is 2.27. The summed E-state index contributed by atoms with van der Waals surface area (Å²) in [6.45, 7) is 1.33. The van der Waals surface area contributed by atoms with E-state index in [9.17, 15) is 23.1 Å². The van der Waals surface area contributed by atoms with Gasteiger partial charge in [0.05, 0.1) is 11.3 Å². The highest BCUT2D eigenvalue weighted by Crippen LogP contribution is 2.38. The lowest BCUT2D eigenvalue weighted by Crippen LogP contribution is -2.29. The van der Waals surface area contributed by atoms with Gasteiger partial charge in [-0.15, -0.1) is 0 Å². The van der Waals surface area contributed by atoms with Crippen LogP contribution < -0.4 is 14.8 Å². The number of aromatic carboxylic acids is 1. The Labute approximate surface area is 179 Å². The molecule has 0 fully saturated rings. The summed E-state index contributed by atoms with van der Waals surface area (Å²) in [5, 5.41) is 12.5. The number of carbonyl (C=O) groups is 2. The molecule has 0 aliphatic heterocycles. The number of para-hydroxylation sites is 1. The van der Waals surface area contributed by atoms with E-state index in [0.29, 0.717) is 5.75 Å². The Bertz CT molecular complexity index is 1200. The van der Waals surface area contributed by atoms with Gasteiger partial charge in [0.15, 0.2) is 5.75 Å². The minimum atomic E-state index is -4.40. The van der Waals surface area contributed by atoms with Crippen LogP contribution in [-0.4, -0.2) is 25.4 Å². The van der Waals surface area contributed by atoms with Gasteiger partial charge in [-0.2, -0.15) is 0 Å². The van der Waals surface area contributed by atoms with Crippen LogP contribution in [0, 0.1) is 0 Å². The van der Waals surface area contributed by atoms with Gasteiger partial charge in [-0.3, -0.25) is 4.79 Å². The molecule has 0 unspecified atom stereocenters. The summed E-state index contributed by atoms with van der Waals surface area (Å²) in [5.41, 5.74) is 0.761. The maximum Gasteiger partial charge on any atom is 0.335 e. The summed E-state index contributed by atoms with van der Waals surface area (Å²) < 4.78 is 33.4. The first kappa shape index (κ1) is 21.8. The molecule has 0 radical (unpaired) electrons. The quantitative estimate of drug-likeness (QED) is 0.489. The molecule has 0 saturated carbocycles. The molecule has 0 spiro atoms. The lowest BCUT2D eigenvalue weighted by Gasteiger charge is -2.18. The molecule has 9 heteroatoms. The van der Waals surface area contributed by atoms with E-state index in [0.717, 1.165) is 18.6 Å². The molecule has 0 bridgehead atoms. The first-order valence-corrected chi connectivity index (χ1v) is 10.7. The van der Waals surface area contributed by atoms with Crippen LogP contribution in [0.25, 0.3) is 0 Å². The summed E-state index contributed by atoms with van der Waals surface area (Å²) in [5.74, 6) is -1.92. The summed E-state index contributed by atoms with van der Waals surface area (Å²) in [7, 11) is -4.40. The molecule has 0 heterocycles. The van der Waals surface area contributed by atoms with Gasteiger partial charge in [0.1, 0.15) is 10.6 Å². The van der Waals surface area contributed by atoms with E-state index in [1.807, 2.05) is 35.1 Å². The van der Waals surface area contributed by atoms with Crippen molar-refractivity contribution in [1.29, 1.82) is 0 Å². The standard InChI is InChI=1S/C22H20N2O6S/c1-15(25)24-31(28,29)20-13-17(22(26)27)12-19(23-14-16-8-4-2-5-9-16)21(20)30-18-10-6-3-7-11-18/h2-13,23H,14H2,1H3,(H,24,25)(H,26,27). The van der Waals surface area contributed by atoms with Gasteiger partial charge in [0, 0.05) is 13.5 Å². The normalized spacial score (nSPS) is 10.9. The van der Waals surface area contributed by atoms with Gasteiger partial charge in [-0.05, 0) is 29.8 Å².